The maximum atomic E-state index is 11.9. The number of rotatable bonds is 5. The van der Waals surface area contributed by atoms with Crippen LogP contribution in [-0.2, 0) is 11.2 Å². The highest BCUT2D eigenvalue weighted by Gasteiger charge is 2.08. The topological polar surface area (TPSA) is 84.6 Å². The molecule has 0 atom stereocenters. The number of amides is 1. The smallest absolute Gasteiger partial charge is 0.224 e. The molecule has 5 heteroatoms. The maximum absolute atomic E-state index is 11.9. The lowest BCUT2D eigenvalue weighted by Gasteiger charge is -2.09. The lowest BCUT2D eigenvalue weighted by Crippen LogP contribution is -2.12. The third-order valence-corrected chi connectivity index (χ3v) is 3.10. The second-order valence-corrected chi connectivity index (χ2v) is 4.67. The molecule has 0 heterocycles. The van der Waals surface area contributed by atoms with Crippen LogP contribution in [0.2, 0.25) is 0 Å². The van der Waals surface area contributed by atoms with Gasteiger partial charge >= 0.3 is 0 Å². The van der Waals surface area contributed by atoms with Crippen molar-refractivity contribution < 1.29 is 14.6 Å². The predicted octanol–water partition coefficient (Wildman–Crippen LogP) is 2.55. The van der Waals surface area contributed by atoms with Gasteiger partial charge in [-0.1, -0.05) is 12.1 Å². The van der Waals surface area contributed by atoms with Crippen molar-refractivity contribution in [1.29, 1.82) is 0 Å². The van der Waals surface area contributed by atoms with Crippen LogP contribution in [0.1, 0.15) is 12.0 Å². The first kappa shape index (κ1) is 14.7. The van der Waals surface area contributed by atoms with E-state index in [-0.39, 0.29) is 11.7 Å². The molecule has 0 saturated carbocycles. The summed E-state index contributed by atoms with van der Waals surface area (Å²) in [6.45, 7) is 0. The molecule has 0 radical (unpaired) electrons. The van der Waals surface area contributed by atoms with E-state index in [1.165, 1.54) is 13.2 Å². The average molecular weight is 286 g/mol. The van der Waals surface area contributed by atoms with Crippen molar-refractivity contribution in [1.82, 2.24) is 0 Å². The molecule has 0 unspecified atom stereocenters. The van der Waals surface area contributed by atoms with Gasteiger partial charge in [-0.15, -0.1) is 0 Å². The van der Waals surface area contributed by atoms with E-state index in [9.17, 15) is 9.90 Å². The summed E-state index contributed by atoms with van der Waals surface area (Å²) in [5.74, 6) is 0.411. The van der Waals surface area contributed by atoms with Gasteiger partial charge in [0.15, 0.2) is 0 Å². The summed E-state index contributed by atoms with van der Waals surface area (Å²) in [6.07, 6.45) is 0.928. The number of phenols is 1. The number of carbonyl (C=O) groups is 1. The fourth-order valence-electron chi connectivity index (χ4n) is 1.90. The molecule has 5 nitrogen and oxygen atoms in total. The zero-order valence-electron chi connectivity index (χ0n) is 11.8. The number of methoxy groups -OCH3 is 1. The third-order valence-electron chi connectivity index (χ3n) is 3.10. The standard InChI is InChI=1S/C16H18N2O3/c1-21-13-7-8-15(19)14(10-13)18-16(20)9-4-11-2-5-12(17)6-3-11/h2-3,5-8,10,19H,4,9,17H2,1H3,(H,18,20). The van der Waals surface area contributed by atoms with Gasteiger partial charge in [0.1, 0.15) is 11.5 Å². The number of benzene rings is 2. The second-order valence-electron chi connectivity index (χ2n) is 4.67. The molecule has 21 heavy (non-hydrogen) atoms. The Morgan fingerprint density at radius 1 is 1.24 bits per heavy atom. The second kappa shape index (κ2) is 6.65. The van der Waals surface area contributed by atoms with E-state index in [0.29, 0.717) is 30.0 Å². The van der Waals surface area contributed by atoms with Gasteiger partial charge in [0, 0.05) is 18.2 Å². The van der Waals surface area contributed by atoms with Crippen LogP contribution < -0.4 is 15.8 Å². The molecule has 0 aliphatic heterocycles. The van der Waals surface area contributed by atoms with Crippen LogP contribution in [0, 0.1) is 0 Å². The molecule has 0 aromatic heterocycles. The molecule has 1 amide bonds. The minimum atomic E-state index is -0.171. The Bertz CT molecular complexity index is 624. The van der Waals surface area contributed by atoms with Crippen LogP contribution in [-0.4, -0.2) is 18.1 Å². The Labute approximate surface area is 123 Å². The first-order chi connectivity index (χ1) is 10.1. The molecule has 0 bridgehead atoms. The highest BCUT2D eigenvalue weighted by Crippen LogP contribution is 2.27. The number of anilines is 2. The molecule has 0 aliphatic carbocycles. The van der Waals surface area contributed by atoms with Crippen molar-refractivity contribution in [3.05, 3.63) is 48.0 Å². The van der Waals surface area contributed by atoms with E-state index in [4.69, 9.17) is 10.5 Å². The molecular formula is C16H18N2O3. The lowest BCUT2D eigenvalue weighted by molar-refractivity contribution is -0.116. The number of aromatic hydroxyl groups is 1. The number of nitrogens with two attached hydrogens (primary N) is 1. The predicted molar refractivity (Wildman–Crippen MR) is 82.5 cm³/mol. The summed E-state index contributed by atoms with van der Waals surface area (Å²) in [6, 6.07) is 12.1. The molecule has 110 valence electrons. The van der Waals surface area contributed by atoms with Crippen molar-refractivity contribution in [3.63, 3.8) is 0 Å². The number of ether oxygens (including phenoxy) is 1. The van der Waals surface area contributed by atoms with E-state index in [2.05, 4.69) is 5.32 Å². The molecule has 2 aromatic rings. The highest BCUT2D eigenvalue weighted by atomic mass is 16.5. The number of carbonyl (C=O) groups excluding carboxylic acids is 1. The van der Waals surface area contributed by atoms with Crippen molar-refractivity contribution in [2.75, 3.05) is 18.2 Å². The number of phenolic OH excluding ortho intramolecular Hbond substituents is 1. The fraction of sp³-hybridized carbons (Fsp3) is 0.188. The van der Waals surface area contributed by atoms with E-state index in [1.807, 2.05) is 12.1 Å². The van der Waals surface area contributed by atoms with Gasteiger partial charge in [-0.2, -0.15) is 0 Å². The monoisotopic (exact) mass is 286 g/mol. The largest absolute Gasteiger partial charge is 0.506 e. The minimum absolute atomic E-state index is 0.0108. The van der Waals surface area contributed by atoms with Gasteiger partial charge in [-0.25, -0.2) is 0 Å². The average Bonchev–Trinajstić information content (AvgIpc) is 2.49. The first-order valence-electron chi connectivity index (χ1n) is 6.60. The summed E-state index contributed by atoms with van der Waals surface area (Å²) in [5, 5.41) is 12.4. The van der Waals surface area contributed by atoms with Crippen molar-refractivity contribution in [2.45, 2.75) is 12.8 Å². The molecule has 0 spiro atoms. The van der Waals surface area contributed by atoms with Gasteiger partial charge < -0.3 is 20.9 Å². The molecular weight excluding hydrogens is 268 g/mol. The van der Waals surface area contributed by atoms with Crippen LogP contribution >= 0.6 is 0 Å². The summed E-state index contributed by atoms with van der Waals surface area (Å²) < 4.78 is 5.06. The summed E-state index contributed by atoms with van der Waals surface area (Å²) in [4.78, 5) is 11.9. The van der Waals surface area contributed by atoms with Crippen molar-refractivity contribution in [3.8, 4) is 11.5 Å². The van der Waals surface area contributed by atoms with Gasteiger partial charge in [0.05, 0.1) is 12.8 Å². The Balaban J connectivity index is 1.94. The number of hydrogen-bond acceptors (Lipinski definition) is 4. The Morgan fingerprint density at radius 3 is 2.62 bits per heavy atom. The Kier molecular flexibility index (Phi) is 4.66. The summed E-state index contributed by atoms with van der Waals surface area (Å²) >= 11 is 0. The normalized spacial score (nSPS) is 10.1. The Morgan fingerprint density at radius 2 is 1.95 bits per heavy atom. The molecule has 2 aromatic carbocycles. The summed E-state index contributed by atoms with van der Waals surface area (Å²) in [5.41, 5.74) is 7.69. The maximum Gasteiger partial charge on any atom is 0.224 e. The molecule has 0 fully saturated rings. The van der Waals surface area contributed by atoms with Gasteiger partial charge in [0.2, 0.25) is 5.91 Å². The van der Waals surface area contributed by atoms with Crippen LogP contribution in [0.15, 0.2) is 42.5 Å². The quantitative estimate of drug-likeness (QED) is 0.582. The summed E-state index contributed by atoms with van der Waals surface area (Å²) in [7, 11) is 1.53. The third kappa shape index (κ3) is 4.14. The van der Waals surface area contributed by atoms with Crippen molar-refractivity contribution >= 4 is 17.3 Å². The highest BCUT2D eigenvalue weighted by molar-refractivity contribution is 5.92. The van der Waals surface area contributed by atoms with E-state index in [0.717, 1.165) is 5.56 Å². The lowest BCUT2D eigenvalue weighted by atomic mass is 10.1. The van der Waals surface area contributed by atoms with Crippen molar-refractivity contribution in [2.24, 2.45) is 0 Å². The van der Waals surface area contributed by atoms with Crippen LogP contribution in [0.5, 0.6) is 11.5 Å². The number of nitrogen functional groups attached to an aromatic ring is 1. The fourth-order valence-corrected chi connectivity index (χ4v) is 1.90. The molecule has 2 rings (SSSR count). The van der Waals surface area contributed by atoms with E-state index >= 15 is 0 Å². The number of nitrogens with one attached hydrogen (secondary N) is 1. The molecule has 0 aliphatic rings. The van der Waals surface area contributed by atoms with Crippen LogP contribution in [0.4, 0.5) is 11.4 Å². The number of hydrogen-bond donors (Lipinski definition) is 3. The Hall–Kier alpha value is -2.69. The minimum Gasteiger partial charge on any atom is -0.506 e. The molecule has 0 saturated heterocycles. The SMILES string of the molecule is COc1ccc(O)c(NC(=O)CCc2ccc(N)cc2)c1. The van der Waals surface area contributed by atoms with Gasteiger partial charge in [-0.3, -0.25) is 4.79 Å². The zero-order chi connectivity index (χ0) is 15.2. The zero-order valence-corrected chi connectivity index (χ0v) is 11.8. The van der Waals surface area contributed by atoms with Gasteiger partial charge in [-0.05, 0) is 36.2 Å². The van der Waals surface area contributed by atoms with Crippen LogP contribution in [0.25, 0.3) is 0 Å². The van der Waals surface area contributed by atoms with Crippen LogP contribution in [0.3, 0.4) is 0 Å². The van der Waals surface area contributed by atoms with Gasteiger partial charge in [0.25, 0.3) is 0 Å². The number of aryl methyl sites for hydroxylation is 1. The van der Waals surface area contributed by atoms with E-state index in [1.54, 1.807) is 24.3 Å². The van der Waals surface area contributed by atoms with E-state index < -0.39 is 0 Å². The first-order valence-corrected chi connectivity index (χ1v) is 6.60. The molecule has 4 N–H and O–H groups in total.